The number of esters is 1. The van der Waals surface area contributed by atoms with E-state index in [2.05, 4.69) is 4.98 Å². The van der Waals surface area contributed by atoms with Crippen molar-refractivity contribution >= 4 is 22.8 Å². The van der Waals surface area contributed by atoms with Gasteiger partial charge < -0.3 is 9.64 Å². The van der Waals surface area contributed by atoms with Gasteiger partial charge in [0.1, 0.15) is 17.3 Å². The molecule has 3 rings (SSSR count). The van der Waals surface area contributed by atoms with Crippen LogP contribution in [0.4, 0.5) is 0 Å². The van der Waals surface area contributed by atoms with Crippen molar-refractivity contribution in [3.8, 4) is 0 Å². The quantitative estimate of drug-likeness (QED) is 0.795. The predicted molar refractivity (Wildman–Crippen MR) is 91.6 cm³/mol. The molecule has 1 fully saturated rings. The normalized spacial score (nSPS) is 18.0. The first-order valence-corrected chi connectivity index (χ1v) is 8.25. The van der Waals surface area contributed by atoms with Gasteiger partial charge in [-0.15, -0.1) is 0 Å². The van der Waals surface area contributed by atoms with Gasteiger partial charge in [0.2, 0.25) is 0 Å². The number of fused-ring (bicyclic) bond motifs is 1. The molecule has 0 bridgehead atoms. The number of aromatic nitrogens is 1. The van der Waals surface area contributed by atoms with Gasteiger partial charge in [0.05, 0.1) is 5.52 Å². The largest absolute Gasteiger partial charge is 0.458 e. The van der Waals surface area contributed by atoms with Crippen LogP contribution in [0, 0.1) is 0 Å². The van der Waals surface area contributed by atoms with Gasteiger partial charge >= 0.3 is 5.97 Å². The lowest BCUT2D eigenvalue weighted by Crippen LogP contribution is -2.43. The first-order chi connectivity index (χ1) is 11.3. The minimum Gasteiger partial charge on any atom is -0.458 e. The van der Waals surface area contributed by atoms with Crippen molar-refractivity contribution in [3.05, 3.63) is 42.1 Å². The predicted octanol–water partition coefficient (Wildman–Crippen LogP) is 3.18. The Balaban J connectivity index is 1.83. The summed E-state index contributed by atoms with van der Waals surface area (Å²) in [5.74, 6) is -0.553. The molecule has 1 aliphatic heterocycles. The van der Waals surface area contributed by atoms with Crippen LogP contribution >= 0.6 is 0 Å². The highest BCUT2D eigenvalue weighted by Gasteiger charge is 2.37. The maximum absolute atomic E-state index is 12.8. The Morgan fingerprint density at radius 1 is 1.17 bits per heavy atom. The number of para-hydroxylation sites is 1. The Bertz CT molecular complexity index is 780. The van der Waals surface area contributed by atoms with Gasteiger partial charge in [0, 0.05) is 11.9 Å². The first-order valence-electron chi connectivity index (χ1n) is 8.25. The summed E-state index contributed by atoms with van der Waals surface area (Å²) in [5, 5.41) is 0.985. The third-order valence-electron chi connectivity index (χ3n) is 4.01. The fourth-order valence-corrected chi connectivity index (χ4v) is 2.96. The number of nitrogens with zero attached hydrogens (tertiary/aromatic N) is 2. The van der Waals surface area contributed by atoms with Gasteiger partial charge in [-0.3, -0.25) is 4.79 Å². The van der Waals surface area contributed by atoms with Crippen molar-refractivity contribution in [3.63, 3.8) is 0 Å². The van der Waals surface area contributed by atoms with Crippen LogP contribution in [0.2, 0.25) is 0 Å². The van der Waals surface area contributed by atoms with Crippen LogP contribution in [0.3, 0.4) is 0 Å². The molecule has 0 spiro atoms. The number of hydrogen-bond acceptors (Lipinski definition) is 4. The SMILES string of the molecule is CC(C)(C)OC(=O)[C@@H]1CCCN1C(=O)c1ccc2ccccc2n1. The standard InChI is InChI=1S/C19H22N2O3/c1-19(2,3)24-18(23)16-9-6-12-21(16)17(22)15-11-10-13-7-4-5-8-14(13)20-15/h4-5,7-8,10-11,16H,6,9,12H2,1-3H3/t16-/m0/s1. The third kappa shape index (κ3) is 3.40. The van der Waals surface area contributed by atoms with E-state index in [-0.39, 0.29) is 11.9 Å². The summed E-state index contributed by atoms with van der Waals surface area (Å²) in [6, 6.07) is 10.7. The molecule has 1 atom stereocenters. The molecule has 1 saturated heterocycles. The van der Waals surface area contributed by atoms with Crippen LogP contribution in [0.25, 0.3) is 10.9 Å². The molecule has 0 aliphatic carbocycles. The zero-order valence-electron chi connectivity index (χ0n) is 14.3. The second-order valence-corrected chi connectivity index (χ2v) is 7.08. The molecule has 1 aromatic heterocycles. The van der Waals surface area contributed by atoms with Crippen LogP contribution in [-0.4, -0.2) is 39.9 Å². The molecule has 0 unspecified atom stereocenters. The molecule has 0 N–H and O–H groups in total. The van der Waals surface area contributed by atoms with Crippen LogP contribution in [0.5, 0.6) is 0 Å². The Kier molecular flexibility index (Phi) is 4.26. The molecule has 0 saturated carbocycles. The lowest BCUT2D eigenvalue weighted by Gasteiger charge is -2.27. The molecular formula is C19H22N2O3. The highest BCUT2D eigenvalue weighted by atomic mass is 16.6. The molecule has 1 amide bonds. The second-order valence-electron chi connectivity index (χ2n) is 7.08. The number of likely N-dealkylation sites (tertiary alicyclic amines) is 1. The highest BCUT2D eigenvalue weighted by Crippen LogP contribution is 2.23. The fourth-order valence-electron chi connectivity index (χ4n) is 2.96. The molecule has 24 heavy (non-hydrogen) atoms. The molecule has 5 nitrogen and oxygen atoms in total. The first kappa shape index (κ1) is 16.4. The van der Waals surface area contributed by atoms with Crippen molar-refractivity contribution in [1.29, 1.82) is 0 Å². The molecular weight excluding hydrogens is 304 g/mol. The minimum atomic E-state index is -0.560. The number of pyridine rings is 1. The molecule has 126 valence electrons. The average molecular weight is 326 g/mol. The maximum Gasteiger partial charge on any atom is 0.329 e. The van der Waals surface area contributed by atoms with Crippen molar-refractivity contribution in [1.82, 2.24) is 9.88 Å². The van der Waals surface area contributed by atoms with E-state index in [0.717, 1.165) is 17.3 Å². The Morgan fingerprint density at radius 3 is 2.67 bits per heavy atom. The topological polar surface area (TPSA) is 59.5 Å². The van der Waals surface area contributed by atoms with Gasteiger partial charge in [-0.2, -0.15) is 0 Å². The second kappa shape index (κ2) is 6.23. The van der Waals surface area contributed by atoms with Crippen LogP contribution in [0.1, 0.15) is 44.1 Å². The van der Waals surface area contributed by atoms with Crippen molar-refractivity contribution in [2.45, 2.75) is 45.3 Å². The minimum absolute atomic E-state index is 0.214. The molecule has 1 aromatic carbocycles. The van der Waals surface area contributed by atoms with Gasteiger partial charge in [-0.05, 0) is 45.7 Å². The summed E-state index contributed by atoms with van der Waals surface area (Å²) in [5.41, 5.74) is 0.579. The van der Waals surface area contributed by atoms with E-state index in [1.165, 1.54) is 0 Å². The number of amides is 1. The van der Waals surface area contributed by atoms with E-state index in [1.807, 2.05) is 51.1 Å². The van der Waals surface area contributed by atoms with Gasteiger partial charge in [-0.25, -0.2) is 9.78 Å². The van der Waals surface area contributed by atoms with Crippen LogP contribution < -0.4 is 0 Å². The smallest absolute Gasteiger partial charge is 0.329 e. The Hall–Kier alpha value is -2.43. The van der Waals surface area contributed by atoms with E-state index in [0.29, 0.717) is 18.7 Å². The molecule has 2 heterocycles. The number of hydrogen-bond donors (Lipinski definition) is 0. The summed E-state index contributed by atoms with van der Waals surface area (Å²) in [6.07, 6.45) is 1.43. The Labute approximate surface area is 141 Å². The number of carbonyl (C=O) groups is 2. The van der Waals surface area contributed by atoms with Crippen molar-refractivity contribution in [2.75, 3.05) is 6.54 Å². The number of carbonyl (C=O) groups excluding carboxylic acids is 2. The molecule has 2 aromatic rings. The maximum atomic E-state index is 12.8. The summed E-state index contributed by atoms with van der Waals surface area (Å²) < 4.78 is 5.45. The lowest BCUT2D eigenvalue weighted by atomic mass is 10.1. The summed E-state index contributed by atoms with van der Waals surface area (Å²) >= 11 is 0. The zero-order chi connectivity index (χ0) is 17.3. The summed E-state index contributed by atoms with van der Waals surface area (Å²) in [7, 11) is 0. The number of benzene rings is 1. The fraction of sp³-hybridized carbons (Fsp3) is 0.421. The summed E-state index contributed by atoms with van der Waals surface area (Å²) in [6.45, 7) is 6.04. The number of rotatable bonds is 2. The van der Waals surface area contributed by atoms with Crippen molar-refractivity contribution < 1.29 is 14.3 Å². The lowest BCUT2D eigenvalue weighted by molar-refractivity contribution is -0.159. The monoisotopic (exact) mass is 326 g/mol. The third-order valence-corrected chi connectivity index (χ3v) is 4.01. The zero-order valence-corrected chi connectivity index (χ0v) is 14.3. The van der Waals surface area contributed by atoms with Crippen molar-refractivity contribution in [2.24, 2.45) is 0 Å². The van der Waals surface area contributed by atoms with Gasteiger partial charge in [0.15, 0.2) is 0 Å². The van der Waals surface area contributed by atoms with E-state index in [4.69, 9.17) is 4.74 Å². The summed E-state index contributed by atoms with van der Waals surface area (Å²) in [4.78, 5) is 31.2. The Morgan fingerprint density at radius 2 is 1.92 bits per heavy atom. The van der Waals surface area contributed by atoms with E-state index in [9.17, 15) is 9.59 Å². The average Bonchev–Trinajstić information content (AvgIpc) is 3.02. The van der Waals surface area contributed by atoms with Crippen LogP contribution in [0.15, 0.2) is 36.4 Å². The van der Waals surface area contributed by atoms with Crippen LogP contribution in [-0.2, 0) is 9.53 Å². The molecule has 1 aliphatic rings. The van der Waals surface area contributed by atoms with E-state index >= 15 is 0 Å². The van der Waals surface area contributed by atoms with E-state index < -0.39 is 11.6 Å². The van der Waals surface area contributed by atoms with E-state index in [1.54, 1.807) is 11.0 Å². The highest BCUT2D eigenvalue weighted by molar-refractivity contribution is 5.97. The van der Waals surface area contributed by atoms with Gasteiger partial charge in [0.25, 0.3) is 5.91 Å². The number of ether oxygens (including phenoxy) is 1. The van der Waals surface area contributed by atoms with Gasteiger partial charge in [-0.1, -0.05) is 24.3 Å². The molecule has 0 radical (unpaired) electrons. The molecule has 5 heteroatoms.